The van der Waals surface area contributed by atoms with Gasteiger partial charge in [0.25, 0.3) is 0 Å². The van der Waals surface area contributed by atoms with Crippen LogP contribution in [-0.4, -0.2) is 15.4 Å². The van der Waals surface area contributed by atoms with Gasteiger partial charge in [0.05, 0.1) is 10.3 Å². The summed E-state index contributed by atoms with van der Waals surface area (Å²) in [5, 5.41) is 12.5. The number of nitrogens with zero attached hydrogens (tertiary/aromatic N) is 1. The molecule has 0 radical (unpaired) electrons. The molecular weight excluding hydrogens is 242 g/mol. The van der Waals surface area contributed by atoms with E-state index < -0.39 is 5.72 Å². The highest BCUT2D eigenvalue weighted by molar-refractivity contribution is 8.14. The molecule has 0 saturated heterocycles. The predicted octanol–water partition coefficient (Wildman–Crippen LogP) is 2.97. The van der Waals surface area contributed by atoms with Crippen LogP contribution in [-0.2, 0) is 12.1 Å². The molecule has 2 unspecified atom stereocenters. The van der Waals surface area contributed by atoms with E-state index >= 15 is 0 Å². The molecule has 0 fully saturated rings. The van der Waals surface area contributed by atoms with Gasteiger partial charge in [-0.05, 0) is 30.5 Å². The molecule has 0 aromatic heterocycles. The summed E-state index contributed by atoms with van der Waals surface area (Å²) < 4.78 is 0. The molecule has 2 atom stereocenters. The third kappa shape index (κ3) is 1.35. The summed E-state index contributed by atoms with van der Waals surface area (Å²) in [5.74, 6) is 0. The van der Waals surface area contributed by atoms with Crippen LogP contribution in [0.4, 0.5) is 0 Å². The summed E-state index contributed by atoms with van der Waals surface area (Å²) in [4.78, 5) is 4.46. The summed E-state index contributed by atoms with van der Waals surface area (Å²) >= 11 is 7.66. The van der Waals surface area contributed by atoms with Crippen molar-refractivity contribution in [2.24, 2.45) is 4.99 Å². The molecule has 3 rings (SSSR count). The third-order valence-electron chi connectivity index (χ3n) is 3.19. The SMILES string of the molecule is CCC1=NC2(O)c3ccc(Cl)cc3CC2S1. The standard InChI is InChI=1S/C12H12ClNOS/c1-2-11-14-12(15)9-4-3-8(13)5-7(9)6-10(12)16-11/h3-5,10,15H,2,6H2,1H3. The van der Waals surface area contributed by atoms with Gasteiger partial charge < -0.3 is 5.11 Å². The van der Waals surface area contributed by atoms with Crippen LogP contribution >= 0.6 is 23.4 Å². The number of rotatable bonds is 1. The van der Waals surface area contributed by atoms with Gasteiger partial charge in [0.15, 0.2) is 5.72 Å². The van der Waals surface area contributed by atoms with Crippen molar-refractivity contribution in [2.75, 3.05) is 0 Å². The first-order valence-electron chi connectivity index (χ1n) is 5.40. The van der Waals surface area contributed by atoms with E-state index in [-0.39, 0.29) is 5.25 Å². The molecule has 16 heavy (non-hydrogen) atoms. The number of fused-ring (bicyclic) bond motifs is 3. The Bertz CT molecular complexity index is 488. The van der Waals surface area contributed by atoms with Gasteiger partial charge in [0.1, 0.15) is 0 Å². The van der Waals surface area contributed by atoms with E-state index in [9.17, 15) is 5.11 Å². The van der Waals surface area contributed by atoms with Crippen LogP contribution in [0.1, 0.15) is 24.5 Å². The summed E-state index contributed by atoms with van der Waals surface area (Å²) in [6.45, 7) is 2.07. The van der Waals surface area contributed by atoms with Gasteiger partial charge in [-0.1, -0.05) is 24.6 Å². The second kappa shape index (κ2) is 3.49. The van der Waals surface area contributed by atoms with Crippen LogP contribution in [0.25, 0.3) is 0 Å². The van der Waals surface area contributed by atoms with Crippen LogP contribution in [0.5, 0.6) is 0 Å². The van der Waals surface area contributed by atoms with Gasteiger partial charge in [-0.15, -0.1) is 11.8 Å². The number of hydrogen-bond donors (Lipinski definition) is 1. The molecular formula is C12H12ClNOS. The van der Waals surface area contributed by atoms with E-state index in [1.165, 1.54) is 0 Å². The molecule has 2 aliphatic rings. The lowest BCUT2D eigenvalue weighted by molar-refractivity contribution is 0.0579. The van der Waals surface area contributed by atoms with Crippen molar-refractivity contribution in [2.45, 2.75) is 30.7 Å². The van der Waals surface area contributed by atoms with E-state index in [0.717, 1.165) is 34.0 Å². The van der Waals surface area contributed by atoms with E-state index in [1.807, 2.05) is 18.2 Å². The van der Waals surface area contributed by atoms with E-state index in [2.05, 4.69) is 11.9 Å². The highest BCUT2D eigenvalue weighted by Crippen LogP contribution is 2.50. The number of benzene rings is 1. The quantitative estimate of drug-likeness (QED) is 0.835. The average molecular weight is 254 g/mol. The molecule has 1 aliphatic heterocycles. The second-order valence-electron chi connectivity index (χ2n) is 4.20. The Morgan fingerprint density at radius 2 is 2.44 bits per heavy atom. The first kappa shape index (κ1) is 10.6. The van der Waals surface area contributed by atoms with Crippen LogP contribution in [0.3, 0.4) is 0 Å². The molecule has 1 aromatic carbocycles. The minimum atomic E-state index is -1.00. The lowest BCUT2D eigenvalue weighted by Gasteiger charge is -2.19. The van der Waals surface area contributed by atoms with Crippen molar-refractivity contribution >= 4 is 28.4 Å². The Kier molecular flexibility index (Phi) is 2.32. The first-order valence-corrected chi connectivity index (χ1v) is 6.66. The van der Waals surface area contributed by atoms with Crippen LogP contribution < -0.4 is 0 Å². The summed E-state index contributed by atoms with van der Waals surface area (Å²) in [7, 11) is 0. The van der Waals surface area contributed by atoms with Crippen LogP contribution in [0.15, 0.2) is 23.2 Å². The third-order valence-corrected chi connectivity index (χ3v) is 4.86. The maximum atomic E-state index is 10.6. The summed E-state index contributed by atoms with van der Waals surface area (Å²) in [6.07, 6.45) is 1.75. The lowest BCUT2D eigenvalue weighted by atomic mass is 10.1. The Balaban J connectivity index is 2.11. The predicted molar refractivity (Wildman–Crippen MR) is 68.2 cm³/mol. The first-order chi connectivity index (χ1) is 7.63. The molecule has 2 nitrogen and oxygen atoms in total. The van der Waals surface area contributed by atoms with Crippen molar-refractivity contribution < 1.29 is 5.11 Å². The zero-order valence-corrected chi connectivity index (χ0v) is 10.5. The molecule has 1 aliphatic carbocycles. The zero-order chi connectivity index (χ0) is 11.3. The Morgan fingerprint density at radius 3 is 3.19 bits per heavy atom. The summed E-state index contributed by atoms with van der Waals surface area (Å²) in [6, 6.07) is 5.67. The molecule has 0 amide bonds. The highest BCUT2D eigenvalue weighted by atomic mass is 35.5. The summed E-state index contributed by atoms with van der Waals surface area (Å²) in [5.41, 5.74) is 1.06. The van der Waals surface area contributed by atoms with Gasteiger partial charge >= 0.3 is 0 Å². The number of halogens is 1. The largest absolute Gasteiger partial charge is 0.365 e. The number of hydrogen-bond acceptors (Lipinski definition) is 3. The van der Waals surface area contributed by atoms with Crippen molar-refractivity contribution in [1.82, 2.24) is 0 Å². The average Bonchev–Trinajstić information content (AvgIpc) is 2.68. The normalized spacial score (nSPS) is 31.2. The van der Waals surface area contributed by atoms with Gasteiger partial charge in [-0.3, -0.25) is 0 Å². The number of aliphatic imine (C=N–C) groups is 1. The van der Waals surface area contributed by atoms with Crippen molar-refractivity contribution in [3.63, 3.8) is 0 Å². The Morgan fingerprint density at radius 1 is 1.62 bits per heavy atom. The molecule has 1 N–H and O–H groups in total. The van der Waals surface area contributed by atoms with Crippen LogP contribution in [0.2, 0.25) is 5.02 Å². The van der Waals surface area contributed by atoms with Gasteiger partial charge in [0.2, 0.25) is 0 Å². The fourth-order valence-corrected chi connectivity index (χ4v) is 3.89. The second-order valence-corrected chi connectivity index (χ2v) is 5.91. The topological polar surface area (TPSA) is 32.6 Å². The molecule has 0 saturated carbocycles. The fraction of sp³-hybridized carbons (Fsp3) is 0.417. The maximum absolute atomic E-state index is 10.6. The Labute approximate surface area is 104 Å². The highest BCUT2D eigenvalue weighted by Gasteiger charge is 2.50. The minimum Gasteiger partial charge on any atom is -0.365 e. The molecule has 0 spiro atoms. The minimum absolute atomic E-state index is 0.135. The molecule has 4 heteroatoms. The van der Waals surface area contributed by atoms with Crippen LogP contribution in [0, 0.1) is 0 Å². The van der Waals surface area contributed by atoms with Crippen molar-refractivity contribution in [3.8, 4) is 0 Å². The van der Waals surface area contributed by atoms with Crippen molar-refractivity contribution in [1.29, 1.82) is 0 Å². The number of aliphatic hydroxyl groups is 1. The molecule has 1 aromatic rings. The smallest absolute Gasteiger partial charge is 0.196 e. The fourth-order valence-electron chi connectivity index (χ4n) is 2.40. The van der Waals surface area contributed by atoms with E-state index in [1.54, 1.807) is 11.8 Å². The van der Waals surface area contributed by atoms with E-state index in [4.69, 9.17) is 11.6 Å². The van der Waals surface area contributed by atoms with Crippen molar-refractivity contribution in [3.05, 3.63) is 34.3 Å². The van der Waals surface area contributed by atoms with E-state index in [0.29, 0.717) is 0 Å². The molecule has 84 valence electrons. The Hall–Kier alpha value is -0.510. The lowest BCUT2D eigenvalue weighted by Crippen LogP contribution is -2.27. The van der Waals surface area contributed by atoms with Gasteiger partial charge in [0, 0.05) is 10.6 Å². The maximum Gasteiger partial charge on any atom is 0.196 e. The van der Waals surface area contributed by atoms with Gasteiger partial charge in [-0.25, -0.2) is 4.99 Å². The monoisotopic (exact) mass is 253 g/mol. The molecule has 0 bridgehead atoms. The molecule has 1 heterocycles. The van der Waals surface area contributed by atoms with Gasteiger partial charge in [-0.2, -0.15) is 0 Å². The number of thioether (sulfide) groups is 1. The zero-order valence-electron chi connectivity index (χ0n) is 8.90.